The van der Waals surface area contributed by atoms with E-state index in [1.165, 1.54) is 0 Å². The van der Waals surface area contributed by atoms with Gasteiger partial charge in [0.2, 0.25) is 5.56 Å². The molecule has 1 heterocycles. The fraction of sp³-hybridized carbons (Fsp3) is 0.286. The van der Waals surface area contributed by atoms with Crippen molar-refractivity contribution in [2.45, 2.75) is 12.3 Å². The molecule has 0 aliphatic carbocycles. The minimum atomic E-state index is -2.65. The Labute approximate surface area is 86.0 Å². The van der Waals surface area contributed by atoms with Gasteiger partial charge in [0.15, 0.2) is 0 Å². The molecule has 0 radical (unpaired) electrons. The molecule has 0 bridgehead atoms. The molecule has 0 atom stereocenters. The standard InChI is InChI=1S/C7H5BrClF2NO/c8-3-1-5(13)12-4(2-9)6(3)7(10)11/h1,7H,2H2,(H,12,13). The molecular weight excluding hydrogens is 267 g/mol. The van der Waals surface area contributed by atoms with Gasteiger partial charge in [-0.15, -0.1) is 11.6 Å². The second kappa shape index (κ2) is 4.19. The van der Waals surface area contributed by atoms with Crippen LogP contribution < -0.4 is 5.56 Å². The lowest BCUT2D eigenvalue weighted by molar-refractivity contribution is 0.149. The molecule has 0 saturated heterocycles. The van der Waals surface area contributed by atoms with E-state index < -0.39 is 12.0 Å². The van der Waals surface area contributed by atoms with Crippen molar-refractivity contribution in [3.05, 3.63) is 32.2 Å². The van der Waals surface area contributed by atoms with Crippen molar-refractivity contribution in [2.24, 2.45) is 0 Å². The normalized spacial score (nSPS) is 10.8. The Morgan fingerprint density at radius 1 is 1.62 bits per heavy atom. The van der Waals surface area contributed by atoms with Crippen molar-refractivity contribution < 1.29 is 8.78 Å². The quantitative estimate of drug-likeness (QED) is 0.825. The molecule has 1 aromatic rings. The maximum absolute atomic E-state index is 12.4. The monoisotopic (exact) mass is 271 g/mol. The Kier molecular flexibility index (Phi) is 3.44. The third kappa shape index (κ3) is 2.28. The Bertz CT molecular complexity index is 366. The highest BCUT2D eigenvalue weighted by Crippen LogP contribution is 2.28. The lowest BCUT2D eigenvalue weighted by Crippen LogP contribution is -2.10. The zero-order valence-electron chi connectivity index (χ0n) is 6.28. The van der Waals surface area contributed by atoms with E-state index in [0.29, 0.717) is 0 Å². The minimum absolute atomic E-state index is 0.0519. The zero-order valence-corrected chi connectivity index (χ0v) is 8.62. The Hall–Kier alpha value is -0.420. The SMILES string of the molecule is O=c1cc(Br)c(C(F)F)c(CCl)[nH]1. The van der Waals surface area contributed by atoms with Crippen LogP contribution in [-0.2, 0) is 5.88 Å². The van der Waals surface area contributed by atoms with E-state index in [1.54, 1.807) is 0 Å². The summed E-state index contributed by atoms with van der Waals surface area (Å²) in [6.07, 6.45) is -2.65. The summed E-state index contributed by atoms with van der Waals surface area (Å²) in [7, 11) is 0. The maximum Gasteiger partial charge on any atom is 0.266 e. The highest BCUT2D eigenvalue weighted by atomic mass is 79.9. The molecule has 0 spiro atoms. The molecule has 0 aliphatic rings. The molecule has 0 saturated carbocycles. The van der Waals surface area contributed by atoms with Crippen molar-refractivity contribution in [2.75, 3.05) is 0 Å². The Morgan fingerprint density at radius 3 is 2.69 bits per heavy atom. The summed E-state index contributed by atoms with van der Waals surface area (Å²) in [5.41, 5.74) is -0.655. The number of rotatable bonds is 2. The van der Waals surface area contributed by atoms with Gasteiger partial charge in [-0.25, -0.2) is 8.78 Å². The van der Waals surface area contributed by atoms with Crippen molar-refractivity contribution in [3.8, 4) is 0 Å². The summed E-state index contributed by atoms with van der Waals surface area (Å²) >= 11 is 8.28. The summed E-state index contributed by atoms with van der Waals surface area (Å²) in [4.78, 5) is 13.1. The van der Waals surface area contributed by atoms with Gasteiger partial charge in [0.05, 0.1) is 11.4 Å². The lowest BCUT2D eigenvalue weighted by atomic mass is 10.2. The number of nitrogens with one attached hydrogen (secondary N) is 1. The van der Waals surface area contributed by atoms with Gasteiger partial charge in [0.25, 0.3) is 6.43 Å². The van der Waals surface area contributed by atoms with Gasteiger partial charge in [0, 0.05) is 16.2 Å². The molecule has 0 fully saturated rings. The van der Waals surface area contributed by atoms with Crippen LogP contribution in [0.3, 0.4) is 0 Å². The number of H-pyrrole nitrogens is 1. The predicted octanol–water partition coefficient (Wildman–Crippen LogP) is 2.81. The van der Waals surface area contributed by atoms with Crippen LogP contribution in [0, 0.1) is 0 Å². The molecule has 72 valence electrons. The van der Waals surface area contributed by atoms with Crippen LogP contribution in [0.2, 0.25) is 0 Å². The highest BCUT2D eigenvalue weighted by molar-refractivity contribution is 9.10. The van der Waals surface area contributed by atoms with Gasteiger partial charge in [-0.2, -0.15) is 0 Å². The van der Waals surface area contributed by atoms with Gasteiger partial charge >= 0.3 is 0 Å². The van der Waals surface area contributed by atoms with Crippen molar-refractivity contribution in [1.82, 2.24) is 4.98 Å². The molecule has 0 aliphatic heterocycles. The first-order valence-electron chi connectivity index (χ1n) is 3.32. The van der Waals surface area contributed by atoms with Crippen LogP contribution in [0.1, 0.15) is 17.7 Å². The van der Waals surface area contributed by atoms with E-state index in [-0.39, 0.29) is 21.6 Å². The summed E-state index contributed by atoms with van der Waals surface area (Å²) < 4.78 is 24.9. The van der Waals surface area contributed by atoms with Crippen LogP contribution in [0.5, 0.6) is 0 Å². The van der Waals surface area contributed by atoms with E-state index in [9.17, 15) is 13.6 Å². The molecule has 1 rings (SSSR count). The van der Waals surface area contributed by atoms with E-state index in [0.717, 1.165) is 6.07 Å². The topological polar surface area (TPSA) is 32.9 Å². The molecular formula is C7H5BrClF2NO. The van der Waals surface area contributed by atoms with Crippen LogP contribution in [-0.4, -0.2) is 4.98 Å². The zero-order chi connectivity index (χ0) is 10.0. The number of aromatic amines is 1. The van der Waals surface area contributed by atoms with Crippen molar-refractivity contribution in [1.29, 1.82) is 0 Å². The minimum Gasteiger partial charge on any atom is -0.324 e. The number of aromatic nitrogens is 1. The van der Waals surface area contributed by atoms with E-state index >= 15 is 0 Å². The smallest absolute Gasteiger partial charge is 0.266 e. The van der Waals surface area contributed by atoms with E-state index in [2.05, 4.69) is 20.9 Å². The molecule has 2 nitrogen and oxygen atoms in total. The predicted molar refractivity (Wildman–Crippen MR) is 49.3 cm³/mol. The van der Waals surface area contributed by atoms with Gasteiger partial charge in [0.1, 0.15) is 0 Å². The first-order valence-corrected chi connectivity index (χ1v) is 4.64. The van der Waals surface area contributed by atoms with Gasteiger partial charge < -0.3 is 4.98 Å². The fourth-order valence-electron chi connectivity index (χ4n) is 0.930. The Morgan fingerprint density at radius 2 is 2.23 bits per heavy atom. The number of hydrogen-bond donors (Lipinski definition) is 1. The summed E-state index contributed by atoms with van der Waals surface area (Å²) in [5.74, 6) is -0.144. The largest absolute Gasteiger partial charge is 0.324 e. The van der Waals surface area contributed by atoms with Gasteiger partial charge in [-0.05, 0) is 0 Å². The molecule has 0 unspecified atom stereocenters. The third-order valence-electron chi connectivity index (χ3n) is 1.47. The van der Waals surface area contributed by atoms with Gasteiger partial charge in [-0.1, -0.05) is 15.9 Å². The second-order valence-corrected chi connectivity index (χ2v) is 3.43. The fourth-order valence-corrected chi connectivity index (χ4v) is 1.76. The van der Waals surface area contributed by atoms with Crippen LogP contribution in [0.25, 0.3) is 0 Å². The number of halogens is 4. The highest BCUT2D eigenvalue weighted by Gasteiger charge is 2.17. The molecule has 6 heteroatoms. The molecule has 13 heavy (non-hydrogen) atoms. The molecule has 1 N–H and O–H groups in total. The Balaban J connectivity index is 3.38. The molecule has 1 aromatic heterocycles. The third-order valence-corrected chi connectivity index (χ3v) is 2.39. The van der Waals surface area contributed by atoms with Crippen molar-refractivity contribution >= 4 is 27.5 Å². The van der Waals surface area contributed by atoms with E-state index in [4.69, 9.17) is 11.6 Å². The summed E-state index contributed by atoms with van der Waals surface area (Å²) in [5, 5.41) is 0. The average Bonchev–Trinajstić information content (AvgIpc) is 2.01. The summed E-state index contributed by atoms with van der Waals surface area (Å²) in [6.45, 7) is 0. The van der Waals surface area contributed by atoms with Crippen LogP contribution >= 0.6 is 27.5 Å². The molecule has 0 amide bonds. The van der Waals surface area contributed by atoms with Crippen LogP contribution in [0.15, 0.2) is 15.3 Å². The number of hydrogen-bond acceptors (Lipinski definition) is 1. The lowest BCUT2D eigenvalue weighted by Gasteiger charge is -2.07. The maximum atomic E-state index is 12.4. The first kappa shape index (κ1) is 10.7. The van der Waals surface area contributed by atoms with Gasteiger partial charge in [-0.3, -0.25) is 4.79 Å². The summed E-state index contributed by atoms with van der Waals surface area (Å²) in [6, 6.07) is 1.05. The second-order valence-electron chi connectivity index (χ2n) is 2.31. The van der Waals surface area contributed by atoms with E-state index in [1.807, 2.05) is 0 Å². The molecule has 0 aromatic carbocycles. The number of pyridine rings is 1. The first-order chi connectivity index (χ1) is 6.06. The van der Waals surface area contributed by atoms with Crippen molar-refractivity contribution in [3.63, 3.8) is 0 Å². The number of alkyl halides is 3. The van der Waals surface area contributed by atoms with Crippen LogP contribution in [0.4, 0.5) is 8.78 Å². The average molecular weight is 272 g/mol.